The molecule has 3 aliphatic heterocycles. The summed E-state index contributed by atoms with van der Waals surface area (Å²) in [4.78, 5) is 45.0. The maximum absolute atomic E-state index is 13.5. The molecule has 186 valence electrons. The average molecular weight is 473 g/mol. The zero-order valence-electron chi connectivity index (χ0n) is 20.5. The van der Waals surface area contributed by atoms with Gasteiger partial charge in [0.05, 0.1) is 6.54 Å². The van der Waals surface area contributed by atoms with E-state index in [4.69, 9.17) is 4.74 Å². The maximum atomic E-state index is 13.5. The number of fused-ring (bicyclic) bond motifs is 1. The molecule has 3 fully saturated rings. The summed E-state index contributed by atoms with van der Waals surface area (Å²) in [5, 5.41) is 13.2. The number of anilines is 1. The van der Waals surface area contributed by atoms with Gasteiger partial charge in [-0.15, -0.1) is 0 Å². The number of Topliss-reactive ketones (excluding diaryl/α,β-unsaturated/α-hetero) is 1. The Kier molecular flexibility index (Phi) is 6.98. The number of aliphatic hydroxyl groups is 1. The number of β-amino-alcohol motifs (C(OH)–C–C–N with tert-alkyl or cyclic N) is 1. The number of piperazine rings is 1. The van der Waals surface area contributed by atoms with Crippen LogP contribution in [0.25, 0.3) is 0 Å². The molecule has 0 radical (unpaired) electrons. The van der Waals surface area contributed by atoms with Crippen molar-refractivity contribution in [2.75, 3.05) is 50.8 Å². The number of hydrogen-bond acceptors (Lipinski definition) is 7. The van der Waals surface area contributed by atoms with Gasteiger partial charge in [-0.05, 0) is 36.2 Å². The molecular formula is C25H36N4O5. The summed E-state index contributed by atoms with van der Waals surface area (Å²) in [6, 6.07) is 5.80. The molecule has 0 unspecified atom stereocenters. The number of likely N-dealkylation sites (tertiary alicyclic amines) is 1. The topological polar surface area (TPSA) is 102 Å². The quantitative estimate of drug-likeness (QED) is 0.644. The second-order valence-electron chi connectivity index (χ2n) is 10.5. The zero-order valence-corrected chi connectivity index (χ0v) is 20.5. The van der Waals surface area contributed by atoms with Crippen molar-refractivity contribution in [1.29, 1.82) is 0 Å². The molecule has 34 heavy (non-hydrogen) atoms. The number of ether oxygens (including phenoxy) is 1. The predicted octanol–water partition coefficient (Wildman–Crippen LogP) is 0.513. The number of likely N-dealkylation sites (N-methyl/N-ethyl adjacent to an activating group) is 1. The molecule has 1 aromatic carbocycles. The fourth-order valence-electron chi connectivity index (χ4n) is 5.03. The minimum atomic E-state index is -0.913. The summed E-state index contributed by atoms with van der Waals surface area (Å²) in [5.74, 6) is -0.943. The van der Waals surface area contributed by atoms with Crippen molar-refractivity contribution in [3.05, 3.63) is 29.8 Å². The molecule has 2 amide bonds. The number of hydrogen-bond donors (Lipinski definition) is 2. The van der Waals surface area contributed by atoms with Gasteiger partial charge in [0.2, 0.25) is 5.91 Å². The van der Waals surface area contributed by atoms with Crippen LogP contribution in [0.1, 0.15) is 38.1 Å². The number of aliphatic hydroxyl groups excluding tert-OH is 1. The Labute approximate surface area is 201 Å². The number of ketones is 1. The van der Waals surface area contributed by atoms with Crippen LogP contribution in [0, 0.1) is 5.41 Å². The highest BCUT2D eigenvalue weighted by molar-refractivity contribution is 5.99. The SMILES string of the molecule is CCN1CCN(c2ccc(C(=O)N[C@H](C(=O)N3C[C@@H](O)[C@H]4OCC(=O)[C@H]43)C(C)(C)C)cc2)CC1. The first kappa shape index (κ1) is 24.6. The number of benzene rings is 1. The van der Waals surface area contributed by atoms with Gasteiger partial charge in [0.1, 0.15) is 30.9 Å². The van der Waals surface area contributed by atoms with Crippen LogP contribution in [0.3, 0.4) is 0 Å². The molecule has 4 atom stereocenters. The summed E-state index contributed by atoms with van der Waals surface area (Å²) in [6.45, 7) is 12.7. The third kappa shape index (κ3) is 4.82. The molecule has 3 aliphatic rings. The fraction of sp³-hybridized carbons (Fsp3) is 0.640. The molecule has 0 aromatic heterocycles. The van der Waals surface area contributed by atoms with Crippen LogP contribution in [-0.4, -0.2) is 103 Å². The van der Waals surface area contributed by atoms with E-state index in [1.165, 1.54) is 4.90 Å². The second kappa shape index (κ2) is 9.64. The summed E-state index contributed by atoms with van der Waals surface area (Å²) in [6.07, 6.45) is -1.61. The number of amides is 2. The Morgan fingerprint density at radius 1 is 1.15 bits per heavy atom. The maximum Gasteiger partial charge on any atom is 0.251 e. The van der Waals surface area contributed by atoms with Crippen molar-refractivity contribution in [2.45, 2.75) is 52.0 Å². The molecule has 0 spiro atoms. The first-order chi connectivity index (χ1) is 16.1. The lowest BCUT2D eigenvalue weighted by molar-refractivity contribution is -0.140. The van der Waals surface area contributed by atoms with Gasteiger partial charge in [-0.25, -0.2) is 0 Å². The van der Waals surface area contributed by atoms with E-state index in [1.807, 2.05) is 32.9 Å². The molecule has 9 nitrogen and oxygen atoms in total. The van der Waals surface area contributed by atoms with Crippen molar-refractivity contribution in [3.8, 4) is 0 Å². The van der Waals surface area contributed by atoms with Gasteiger partial charge in [0, 0.05) is 37.4 Å². The van der Waals surface area contributed by atoms with Gasteiger partial charge >= 0.3 is 0 Å². The highest BCUT2D eigenvalue weighted by atomic mass is 16.5. The highest BCUT2D eigenvalue weighted by Crippen LogP contribution is 2.31. The Bertz CT molecular complexity index is 920. The number of rotatable bonds is 5. The molecule has 0 aliphatic carbocycles. The van der Waals surface area contributed by atoms with Gasteiger partial charge in [-0.1, -0.05) is 27.7 Å². The third-order valence-electron chi connectivity index (χ3n) is 7.14. The van der Waals surface area contributed by atoms with Crippen molar-refractivity contribution in [1.82, 2.24) is 15.1 Å². The van der Waals surface area contributed by atoms with E-state index in [2.05, 4.69) is 22.0 Å². The molecule has 3 saturated heterocycles. The number of nitrogens with one attached hydrogen (secondary N) is 1. The lowest BCUT2D eigenvalue weighted by atomic mass is 9.85. The van der Waals surface area contributed by atoms with Crippen LogP contribution in [0.2, 0.25) is 0 Å². The smallest absolute Gasteiger partial charge is 0.251 e. The van der Waals surface area contributed by atoms with E-state index in [9.17, 15) is 19.5 Å². The Balaban J connectivity index is 1.45. The predicted molar refractivity (Wildman–Crippen MR) is 128 cm³/mol. The van der Waals surface area contributed by atoms with Gasteiger partial charge < -0.3 is 29.9 Å². The summed E-state index contributed by atoms with van der Waals surface area (Å²) >= 11 is 0. The monoisotopic (exact) mass is 472 g/mol. The Hall–Kier alpha value is -2.49. The van der Waals surface area contributed by atoms with E-state index in [1.54, 1.807) is 12.1 Å². The lowest BCUT2D eigenvalue weighted by Gasteiger charge is -2.35. The van der Waals surface area contributed by atoms with Crippen LogP contribution in [0.15, 0.2) is 24.3 Å². The van der Waals surface area contributed by atoms with Crippen LogP contribution >= 0.6 is 0 Å². The molecule has 3 heterocycles. The highest BCUT2D eigenvalue weighted by Gasteiger charge is 2.53. The molecule has 2 N–H and O–H groups in total. The van der Waals surface area contributed by atoms with Crippen molar-refractivity contribution >= 4 is 23.3 Å². The largest absolute Gasteiger partial charge is 0.388 e. The van der Waals surface area contributed by atoms with Crippen LogP contribution in [0.4, 0.5) is 5.69 Å². The van der Waals surface area contributed by atoms with E-state index in [0.717, 1.165) is 38.4 Å². The van der Waals surface area contributed by atoms with E-state index >= 15 is 0 Å². The minimum Gasteiger partial charge on any atom is -0.388 e. The third-order valence-corrected chi connectivity index (χ3v) is 7.14. The van der Waals surface area contributed by atoms with Crippen molar-refractivity contribution < 1.29 is 24.2 Å². The number of nitrogens with zero attached hydrogens (tertiary/aromatic N) is 3. The fourth-order valence-corrected chi connectivity index (χ4v) is 5.03. The molecule has 0 saturated carbocycles. The van der Waals surface area contributed by atoms with Gasteiger partial charge in [0.15, 0.2) is 5.78 Å². The molecule has 1 aromatic rings. The molecule has 9 heteroatoms. The van der Waals surface area contributed by atoms with Gasteiger partial charge in [0.25, 0.3) is 5.91 Å². The first-order valence-electron chi connectivity index (χ1n) is 12.1. The van der Waals surface area contributed by atoms with Crippen LogP contribution in [0.5, 0.6) is 0 Å². The normalized spacial score (nSPS) is 26.5. The van der Waals surface area contributed by atoms with Crippen LogP contribution in [-0.2, 0) is 14.3 Å². The van der Waals surface area contributed by atoms with Crippen molar-refractivity contribution in [2.24, 2.45) is 5.41 Å². The average Bonchev–Trinajstić information content (AvgIpc) is 3.36. The Morgan fingerprint density at radius 2 is 1.79 bits per heavy atom. The van der Waals surface area contributed by atoms with Gasteiger partial charge in [-0.2, -0.15) is 0 Å². The summed E-state index contributed by atoms with van der Waals surface area (Å²) < 4.78 is 5.38. The molecule has 0 bridgehead atoms. The minimum absolute atomic E-state index is 0.0162. The van der Waals surface area contributed by atoms with Crippen molar-refractivity contribution in [3.63, 3.8) is 0 Å². The summed E-state index contributed by atoms with van der Waals surface area (Å²) in [7, 11) is 0. The lowest BCUT2D eigenvalue weighted by Crippen LogP contribution is -2.57. The first-order valence-corrected chi connectivity index (χ1v) is 12.1. The Morgan fingerprint density at radius 3 is 2.38 bits per heavy atom. The van der Waals surface area contributed by atoms with E-state index in [-0.39, 0.29) is 30.7 Å². The number of carbonyl (C=O) groups excluding carboxylic acids is 3. The standard InChI is InChI=1S/C25H36N4O5/c1-5-27-10-12-28(13-11-27)17-8-6-16(7-9-17)23(32)26-22(25(2,3)4)24(33)29-14-18(30)21-20(29)19(31)15-34-21/h6-9,18,20-22,30H,5,10-15H2,1-4H3,(H,26,32)/t18-,20-,21-,22-/m1/s1. The van der Waals surface area contributed by atoms with Gasteiger partial charge in [-0.3, -0.25) is 14.4 Å². The number of carbonyl (C=O) groups is 3. The zero-order chi connectivity index (χ0) is 24.6. The van der Waals surface area contributed by atoms with E-state index < -0.39 is 29.7 Å². The van der Waals surface area contributed by atoms with E-state index in [0.29, 0.717) is 5.56 Å². The van der Waals surface area contributed by atoms with Crippen LogP contribution < -0.4 is 10.2 Å². The second-order valence-corrected chi connectivity index (χ2v) is 10.5. The molecule has 4 rings (SSSR count). The molecular weight excluding hydrogens is 436 g/mol. The summed E-state index contributed by atoms with van der Waals surface area (Å²) in [5.41, 5.74) is 0.946.